The van der Waals surface area contributed by atoms with Gasteiger partial charge in [-0.1, -0.05) is 19.3 Å². The Kier molecular flexibility index (Phi) is 4.93. The summed E-state index contributed by atoms with van der Waals surface area (Å²) >= 11 is 0. The van der Waals surface area contributed by atoms with Crippen molar-refractivity contribution in [1.29, 1.82) is 0 Å². The van der Waals surface area contributed by atoms with Gasteiger partial charge >= 0.3 is 0 Å². The molecular weight excluding hydrogens is 264 g/mol. The lowest BCUT2D eigenvalue weighted by molar-refractivity contribution is -0.0369. The molecule has 118 valence electrons. The Balaban J connectivity index is 1.60. The molecule has 0 amide bonds. The predicted molar refractivity (Wildman–Crippen MR) is 83.2 cm³/mol. The highest BCUT2D eigenvalue weighted by molar-refractivity contribution is 5.14. The number of nitrogens with zero attached hydrogens (tertiary/aromatic N) is 2. The maximum absolute atomic E-state index is 5.54. The zero-order valence-electron chi connectivity index (χ0n) is 13.2. The van der Waals surface area contributed by atoms with Gasteiger partial charge in [0.2, 0.25) is 0 Å². The molecule has 0 unspecified atom stereocenters. The summed E-state index contributed by atoms with van der Waals surface area (Å²) in [5.41, 5.74) is 2.80. The van der Waals surface area contributed by atoms with Gasteiger partial charge in [0.1, 0.15) is 0 Å². The molecule has 2 N–H and O–H groups in total. The van der Waals surface area contributed by atoms with Crippen LogP contribution in [0, 0.1) is 6.92 Å². The lowest BCUT2D eigenvalue weighted by Gasteiger charge is -2.48. The third-order valence-corrected chi connectivity index (χ3v) is 5.17. The summed E-state index contributed by atoms with van der Waals surface area (Å²) in [7, 11) is 0. The molecule has 1 aromatic heterocycles. The minimum Gasteiger partial charge on any atom is -0.379 e. The molecular formula is C16H28N4O. The van der Waals surface area contributed by atoms with Gasteiger partial charge in [0.25, 0.3) is 0 Å². The summed E-state index contributed by atoms with van der Waals surface area (Å²) in [4.78, 5) is 2.69. The maximum atomic E-state index is 5.54. The minimum atomic E-state index is 0.347. The second kappa shape index (κ2) is 6.90. The SMILES string of the molecule is Cc1[nH]ncc1CNCC1(N2CCOCC2)CCCCC1. The van der Waals surface area contributed by atoms with Crippen LogP contribution >= 0.6 is 0 Å². The summed E-state index contributed by atoms with van der Waals surface area (Å²) in [6.07, 6.45) is 8.71. The van der Waals surface area contributed by atoms with Crippen molar-refractivity contribution in [3.8, 4) is 0 Å². The van der Waals surface area contributed by atoms with Gasteiger partial charge in [-0.25, -0.2) is 0 Å². The van der Waals surface area contributed by atoms with Crippen molar-refractivity contribution in [3.05, 3.63) is 17.5 Å². The van der Waals surface area contributed by atoms with Crippen LogP contribution < -0.4 is 5.32 Å². The van der Waals surface area contributed by atoms with Crippen LogP contribution in [0.4, 0.5) is 0 Å². The first-order valence-corrected chi connectivity index (χ1v) is 8.33. The van der Waals surface area contributed by atoms with E-state index in [0.29, 0.717) is 5.54 Å². The summed E-state index contributed by atoms with van der Waals surface area (Å²) < 4.78 is 5.54. The quantitative estimate of drug-likeness (QED) is 0.869. The Labute approximate surface area is 127 Å². The monoisotopic (exact) mass is 292 g/mol. The van der Waals surface area contributed by atoms with Gasteiger partial charge in [-0.3, -0.25) is 10.00 Å². The molecule has 21 heavy (non-hydrogen) atoms. The summed E-state index contributed by atoms with van der Waals surface area (Å²) in [5, 5.41) is 10.8. The number of H-pyrrole nitrogens is 1. The fourth-order valence-corrected chi connectivity index (χ4v) is 3.84. The number of hydrogen-bond donors (Lipinski definition) is 2. The maximum Gasteiger partial charge on any atom is 0.0594 e. The van der Waals surface area contributed by atoms with E-state index in [0.717, 1.165) is 39.4 Å². The summed E-state index contributed by atoms with van der Waals surface area (Å²) in [6.45, 7) is 8.04. The smallest absolute Gasteiger partial charge is 0.0594 e. The third kappa shape index (κ3) is 3.47. The first-order valence-electron chi connectivity index (χ1n) is 8.33. The van der Waals surface area contributed by atoms with Crippen LogP contribution in [0.5, 0.6) is 0 Å². The van der Waals surface area contributed by atoms with Gasteiger partial charge in [-0.15, -0.1) is 0 Å². The first kappa shape index (κ1) is 15.0. The van der Waals surface area contributed by atoms with Crippen molar-refractivity contribution >= 4 is 0 Å². The molecule has 0 aromatic carbocycles. The van der Waals surface area contributed by atoms with Gasteiger partial charge in [0, 0.05) is 43.0 Å². The highest BCUT2D eigenvalue weighted by Gasteiger charge is 2.38. The van der Waals surface area contributed by atoms with E-state index in [4.69, 9.17) is 4.74 Å². The van der Waals surface area contributed by atoms with E-state index in [1.54, 1.807) is 0 Å². The van der Waals surface area contributed by atoms with Gasteiger partial charge in [0.05, 0.1) is 19.4 Å². The second-order valence-electron chi connectivity index (χ2n) is 6.51. The van der Waals surface area contributed by atoms with Gasteiger partial charge < -0.3 is 10.1 Å². The molecule has 1 saturated carbocycles. The molecule has 1 aliphatic heterocycles. The first-order chi connectivity index (χ1) is 10.3. The molecule has 5 heteroatoms. The number of aryl methyl sites for hydroxylation is 1. The number of aromatic amines is 1. The zero-order chi connectivity index (χ0) is 14.5. The summed E-state index contributed by atoms with van der Waals surface area (Å²) in [5.74, 6) is 0. The Morgan fingerprint density at radius 1 is 1.29 bits per heavy atom. The highest BCUT2D eigenvalue weighted by atomic mass is 16.5. The van der Waals surface area contributed by atoms with Crippen LogP contribution in [-0.4, -0.2) is 53.5 Å². The normalized spacial score (nSPS) is 23.3. The van der Waals surface area contributed by atoms with E-state index < -0.39 is 0 Å². The molecule has 1 aliphatic carbocycles. The van der Waals surface area contributed by atoms with Crippen molar-refractivity contribution in [3.63, 3.8) is 0 Å². The van der Waals surface area contributed by atoms with Crippen LogP contribution in [0.1, 0.15) is 43.4 Å². The predicted octanol–water partition coefficient (Wildman–Crippen LogP) is 1.84. The number of hydrogen-bond acceptors (Lipinski definition) is 4. The molecule has 0 bridgehead atoms. The Hall–Kier alpha value is -0.910. The van der Waals surface area contributed by atoms with Crippen molar-refractivity contribution in [2.45, 2.75) is 51.1 Å². The van der Waals surface area contributed by atoms with Gasteiger partial charge in [-0.2, -0.15) is 5.10 Å². The summed E-state index contributed by atoms with van der Waals surface area (Å²) in [6, 6.07) is 0. The largest absolute Gasteiger partial charge is 0.379 e. The number of nitrogens with one attached hydrogen (secondary N) is 2. The fourth-order valence-electron chi connectivity index (χ4n) is 3.84. The van der Waals surface area contributed by atoms with E-state index in [1.165, 1.54) is 43.4 Å². The Morgan fingerprint density at radius 3 is 2.71 bits per heavy atom. The third-order valence-electron chi connectivity index (χ3n) is 5.17. The van der Waals surface area contributed by atoms with Crippen LogP contribution in [0.3, 0.4) is 0 Å². The van der Waals surface area contributed by atoms with Crippen molar-refractivity contribution in [2.24, 2.45) is 0 Å². The molecule has 2 aliphatic rings. The number of morpholine rings is 1. The molecule has 5 nitrogen and oxygen atoms in total. The molecule has 3 rings (SSSR count). The van der Waals surface area contributed by atoms with Gasteiger partial charge in [0.15, 0.2) is 0 Å². The lowest BCUT2D eigenvalue weighted by Crippen LogP contribution is -2.59. The lowest BCUT2D eigenvalue weighted by atomic mass is 9.79. The topological polar surface area (TPSA) is 53.2 Å². The average Bonchev–Trinajstić information content (AvgIpc) is 2.95. The van der Waals surface area contributed by atoms with Crippen molar-refractivity contribution < 1.29 is 4.74 Å². The molecule has 1 aromatic rings. The van der Waals surface area contributed by atoms with E-state index in [2.05, 4.69) is 27.3 Å². The second-order valence-corrected chi connectivity index (χ2v) is 6.51. The molecule has 0 atom stereocenters. The van der Waals surface area contributed by atoms with Crippen molar-refractivity contribution in [1.82, 2.24) is 20.4 Å². The van der Waals surface area contributed by atoms with Crippen LogP contribution in [0.25, 0.3) is 0 Å². The van der Waals surface area contributed by atoms with Crippen LogP contribution in [-0.2, 0) is 11.3 Å². The highest BCUT2D eigenvalue weighted by Crippen LogP contribution is 2.33. The molecule has 0 spiro atoms. The van der Waals surface area contributed by atoms with E-state index in [9.17, 15) is 0 Å². The Morgan fingerprint density at radius 2 is 2.05 bits per heavy atom. The number of ether oxygens (including phenoxy) is 1. The van der Waals surface area contributed by atoms with Gasteiger partial charge in [-0.05, 0) is 19.8 Å². The number of aromatic nitrogens is 2. The molecule has 2 fully saturated rings. The minimum absolute atomic E-state index is 0.347. The number of rotatable bonds is 5. The Bertz CT molecular complexity index is 433. The van der Waals surface area contributed by atoms with E-state index >= 15 is 0 Å². The van der Waals surface area contributed by atoms with Crippen LogP contribution in [0.15, 0.2) is 6.20 Å². The standard InChI is InChI=1S/C16H28N4O/c1-14-15(12-18-19-14)11-17-13-16(5-3-2-4-6-16)20-7-9-21-10-8-20/h12,17H,2-11,13H2,1H3,(H,18,19). The molecule has 2 heterocycles. The molecule has 0 radical (unpaired) electrons. The van der Waals surface area contributed by atoms with Crippen molar-refractivity contribution in [2.75, 3.05) is 32.8 Å². The average molecular weight is 292 g/mol. The van der Waals surface area contributed by atoms with E-state index in [-0.39, 0.29) is 0 Å². The molecule has 1 saturated heterocycles. The zero-order valence-corrected chi connectivity index (χ0v) is 13.2. The van der Waals surface area contributed by atoms with E-state index in [1.807, 2.05) is 6.20 Å². The van der Waals surface area contributed by atoms with Crippen LogP contribution in [0.2, 0.25) is 0 Å². The fraction of sp³-hybridized carbons (Fsp3) is 0.812.